The summed E-state index contributed by atoms with van der Waals surface area (Å²) < 4.78 is 8.16. The van der Waals surface area contributed by atoms with Crippen LogP contribution < -0.4 is 9.64 Å². The number of nitrogens with one attached hydrogen (secondary N) is 1. The Labute approximate surface area is 178 Å². The maximum atomic E-state index is 5.61. The summed E-state index contributed by atoms with van der Waals surface area (Å²) in [7, 11) is 3.79. The highest BCUT2D eigenvalue weighted by atomic mass is 32.1. The molecule has 5 nitrogen and oxygen atoms in total. The van der Waals surface area contributed by atoms with E-state index in [0.717, 1.165) is 35.1 Å². The predicted molar refractivity (Wildman–Crippen MR) is 123 cm³/mol. The normalized spacial score (nSPS) is 11.3. The minimum atomic E-state index is 0.447. The first-order valence-corrected chi connectivity index (χ1v) is 10.4. The number of benzene rings is 2. The molecule has 154 valence electrons. The lowest BCUT2D eigenvalue weighted by Gasteiger charge is -2.24. The quantitative estimate of drug-likeness (QED) is 0.499. The molecular formula is C23H30N4OS. The first-order valence-electron chi connectivity index (χ1n) is 9.99. The van der Waals surface area contributed by atoms with Crippen molar-refractivity contribution in [3.8, 4) is 22.8 Å². The molecule has 3 rings (SSSR count). The first kappa shape index (κ1) is 21.1. The minimum absolute atomic E-state index is 0.447. The number of aromatic amines is 1. The molecule has 3 aromatic rings. The second-order valence-corrected chi connectivity index (χ2v) is 8.49. The van der Waals surface area contributed by atoms with E-state index in [-0.39, 0.29) is 0 Å². The fourth-order valence-electron chi connectivity index (χ4n) is 3.53. The lowest BCUT2D eigenvalue weighted by atomic mass is 10.0. The molecule has 0 unspecified atom stereocenters. The van der Waals surface area contributed by atoms with Crippen LogP contribution in [0.3, 0.4) is 0 Å². The predicted octanol–water partition coefficient (Wildman–Crippen LogP) is 5.82. The number of hydrogen-bond acceptors (Lipinski definition) is 4. The van der Waals surface area contributed by atoms with E-state index in [2.05, 4.69) is 80.2 Å². The van der Waals surface area contributed by atoms with Crippen LogP contribution in [0.1, 0.15) is 39.2 Å². The molecular weight excluding hydrogens is 380 g/mol. The fraction of sp³-hybridized carbons (Fsp3) is 0.391. The molecule has 1 N–H and O–H groups in total. The van der Waals surface area contributed by atoms with Crippen LogP contribution in [0.5, 0.6) is 5.75 Å². The van der Waals surface area contributed by atoms with E-state index in [1.807, 2.05) is 16.7 Å². The first-order chi connectivity index (χ1) is 13.8. The molecule has 1 aromatic heterocycles. The molecule has 0 saturated heterocycles. The van der Waals surface area contributed by atoms with Crippen LogP contribution in [0.25, 0.3) is 17.1 Å². The standard InChI is InChI=1S/C23H30N4OS/c1-15(2)14-26(5)20-13-19(10-11-21(20)28-6)27-22(24-25-23(27)29)18-9-7-8-17(12-18)16(3)4/h7-13,15-16H,14H2,1-6H3,(H,25,29). The van der Waals surface area contributed by atoms with Crippen LogP contribution in [0.15, 0.2) is 42.5 Å². The van der Waals surface area contributed by atoms with Gasteiger partial charge in [0.05, 0.1) is 18.5 Å². The molecule has 0 radical (unpaired) electrons. The van der Waals surface area contributed by atoms with Crippen LogP contribution >= 0.6 is 12.2 Å². The number of ether oxygens (including phenoxy) is 1. The average molecular weight is 411 g/mol. The Morgan fingerprint density at radius 1 is 1.14 bits per heavy atom. The fourth-order valence-corrected chi connectivity index (χ4v) is 3.77. The molecule has 0 aliphatic carbocycles. The van der Waals surface area contributed by atoms with Crippen molar-refractivity contribution < 1.29 is 4.74 Å². The highest BCUT2D eigenvalue weighted by Gasteiger charge is 2.16. The molecule has 0 bridgehead atoms. The molecule has 29 heavy (non-hydrogen) atoms. The van der Waals surface area contributed by atoms with Crippen molar-refractivity contribution in [2.45, 2.75) is 33.6 Å². The van der Waals surface area contributed by atoms with Gasteiger partial charge in [0.15, 0.2) is 10.6 Å². The van der Waals surface area contributed by atoms with Gasteiger partial charge in [0.25, 0.3) is 0 Å². The Kier molecular flexibility index (Phi) is 6.42. The van der Waals surface area contributed by atoms with E-state index >= 15 is 0 Å². The summed E-state index contributed by atoms with van der Waals surface area (Å²) in [5.74, 6) is 2.64. The van der Waals surface area contributed by atoms with Gasteiger partial charge in [-0.05, 0) is 53.9 Å². The van der Waals surface area contributed by atoms with Crippen molar-refractivity contribution >= 4 is 17.9 Å². The van der Waals surface area contributed by atoms with Gasteiger partial charge in [0.1, 0.15) is 5.75 Å². The number of hydrogen-bond donors (Lipinski definition) is 1. The number of H-pyrrole nitrogens is 1. The Morgan fingerprint density at radius 2 is 1.90 bits per heavy atom. The SMILES string of the molecule is COc1ccc(-n2c(-c3cccc(C(C)C)c3)n[nH]c2=S)cc1N(C)CC(C)C. The molecule has 0 atom stereocenters. The molecule has 0 amide bonds. The zero-order valence-electron chi connectivity index (χ0n) is 18.1. The third-order valence-corrected chi connectivity index (χ3v) is 5.23. The number of aromatic nitrogens is 3. The van der Waals surface area contributed by atoms with Crippen molar-refractivity contribution in [1.29, 1.82) is 0 Å². The van der Waals surface area contributed by atoms with Gasteiger partial charge in [0.2, 0.25) is 0 Å². The molecule has 2 aromatic carbocycles. The van der Waals surface area contributed by atoms with E-state index < -0.39 is 0 Å². The van der Waals surface area contributed by atoms with Crippen LogP contribution in [0, 0.1) is 10.7 Å². The maximum Gasteiger partial charge on any atom is 0.200 e. The number of rotatable bonds is 7. The van der Waals surface area contributed by atoms with Crippen molar-refractivity contribution in [2.24, 2.45) is 5.92 Å². The number of anilines is 1. The van der Waals surface area contributed by atoms with Crippen LogP contribution in [0.2, 0.25) is 0 Å². The average Bonchev–Trinajstić information content (AvgIpc) is 3.08. The van der Waals surface area contributed by atoms with Gasteiger partial charge in [-0.3, -0.25) is 9.67 Å². The second kappa shape index (κ2) is 8.82. The van der Waals surface area contributed by atoms with Crippen molar-refractivity contribution in [3.63, 3.8) is 0 Å². The monoisotopic (exact) mass is 410 g/mol. The number of methoxy groups -OCH3 is 1. The topological polar surface area (TPSA) is 46.1 Å². The van der Waals surface area contributed by atoms with Gasteiger partial charge in [-0.2, -0.15) is 5.10 Å². The maximum absolute atomic E-state index is 5.61. The molecule has 0 fully saturated rings. The Balaban J connectivity index is 2.12. The second-order valence-electron chi connectivity index (χ2n) is 8.10. The lowest BCUT2D eigenvalue weighted by Crippen LogP contribution is -2.23. The number of nitrogens with zero attached hydrogens (tertiary/aromatic N) is 3. The zero-order valence-corrected chi connectivity index (χ0v) is 18.9. The smallest absolute Gasteiger partial charge is 0.200 e. The van der Waals surface area contributed by atoms with Crippen LogP contribution in [-0.2, 0) is 0 Å². The summed E-state index contributed by atoms with van der Waals surface area (Å²) in [5, 5.41) is 7.49. The van der Waals surface area contributed by atoms with Gasteiger partial charge in [-0.25, -0.2) is 0 Å². The summed E-state index contributed by atoms with van der Waals surface area (Å²) >= 11 is 5.58. The van der Waals surface area contributed by atoms with E-state index in [4.69, 9.17) is 17.0 Å². The van der Waals surface area contributed by atoms with Crippen molar-refractivity contribution in [1.82, 2.24) is 14.8 Å². The van der Waals surface area contributed by atoms with E-state index in [1.54, 1.807) is 7.11 Å². The molecule has 0 saturated carbocycles. The van der Waals surface area contributed by atoms with Gasteiger partial charge < -0.3 is 9.64 Å². The summed E-state index contributed by atoms with van der Waals surface area (Å²) in [6, 6.07) is 14.6. The Morgan fingerprint density at radius 3 is 2.55 bits per heavy atom. The van der Waals surface area contributed by atoms with Crippen molar-refractivity contribution in [3.05, 3.63) is 52.8 Å². The zero-order chi connectivity index (χ0) is 21.1. The Hall–Kier alpha value is -2.60. The molecule has 6 heteroatoms. The largest absolute Gasteiger partial charge is 0.495 e. The molecule has 0 aliphatic heterocycles. The molecule has 0 spiro atoms. The van der Waals surface area contributed by atoms with Crippen LogP contribution in [-0.4, -0.2) is 35.5 Å². The summed E-state index contributed by atoms with van der Waals surface area (Å²) in [6.45, 7) is 9.73. The van der Waals surface area contributed by atoms with Crippen molar-refractivity contribution in [2.75, 3.05) is 25.6 Å². The minimum Gasteiger partial charge on any atom is -0.495 e. The van der Waals surface area contributed by atoms with E-state index in [0.29, 0.717) is 16.6 Å². The van der Waals surface area contributed by atoms with Crippen LogP contribution in [0.4, 0.5) is 5.69 Å². The van der Waals surface area contributed by atoms with Gasteiger partial charge in [-0.1, -0.05) is 45.9 Å². The highest BCUT2D eigenvalue weighted by molar-refractivity contribution is 7.71. The third-order valence-electron chi connectivity index (χ3n) is 4.95. The van der Waals surface area contributed by atoms with E-state index in [9.17, 15) is 0 Å². The molecule has 1 heterocycles. The highest BCUT2D eigenvalue weighted by Crippen LogP contribution is 2.32. The summed E-state index contributed by atoms with van der Waals surface area (Å²) in [6.07, 6.45) is 0. The van der Waals surface area contributed by atoms with Gasteiger partial charge in [-0.15, -0.1) is 0 Å². The molecule has 0 aliphatic rings. The van der Waals surface area contributed by atoms with Gasteiger partial charge in [0, 0.05) is 19.2 Å². The summed E-state index contributed by atoms with van der Waals surface area (Å²) in [5.41, 5.74) is 4.30. The van der Waals surface area contributed by atoms with Gasteiger partial charge >= 0.3 is 0 Å². The third kappa shape index (κ3) is 4.53. The Bertz CT molecular complexity index is 1040. The summed E-state index contributed by atoms with van der Waals surface area (Å²) in [4.78, 5) is 2.22. The van der Waals surface area contributed by atoms with E-state index in [1.165, 1.54) is 5.56 Å². The lowest BCUT2D eigenvalue weighted by molar-refractivity contribution is 0.414.